The number of benzene rings is 2. The molecular formula is C23H28BrFN2O3. The molecule has 0 saturated carbocycles. The average Bonchev–Trinajstić information content (AvgIpc) is 2.75. The molecule has 0 bridgehead atoms. The highest BCUT2D eigenvalue weighted by Gasteiger charge is 2.27. The lowest BCUT2D eigenvalue weighted by atomic mass is 10.1. The zero-order valence-electron chi connectivity index (χ0n) is 17.6. The molecule has 5 nitrogen and oxygen atoms in total. The van der Waals surface area contributed by atoms with E-state index in [1.165, 1.54) is 11.0 Å². The molecule has 2 rings (SSSR count). The Morgan fingerprint density at radius 3 is 2.57 bits per heavy atom. The summed E-state index contributed by atoms with van der Waals surface area (Å²) in [7, 11) is 0. The van der Waals surface area contributed by atoms with Crippen LogP contribution in [0.5, 0.6) is 5.75 Å². The van der Waals surface area contributed by atoms with Crippen molar-refractivity contribution in [2.24, 2.45) is 0 Å². The highest BCUT2D eigenvalue weighted by Crippen LogP contribution is 2.26. The van der Waals surface area contributed by atoms with Crippen molar-refractivity contribution in [3.8, 4) is 5.75 Å². The topological polar surface area (TPSA) is 58.6 Å². The molecule has 0 aliphatic heterocycles. The first-order valence-electron chi connectivity index (χ1n) is 10.1. The van der Waals surface area contributed by atoms with Gasteiger partial charge in [0.2, 0.25) is 5.91 Å². The molecule has 0 aliphatic rings. The molecule has 0 spiro atoms. The molecule has 0 aromatic heterocycles. The van der Waals surface area contributed by atoms with E-state index in [4.69, 9.17) is 4.74 Å². The molecule has 0 aliphatic carbocycles. The van der Waals surface area contributed by atoms with Gasteiger partial charge in [-0.2, -0.15) is 0 Å². The zero-order valence-corrected chi connectivity index (χ0v) is 19.2. The summed E-state index contributed by atoms with van der Waals surface area (Å²) in [5.74, 6) is -0.566. The Balaban J connectivity index is 2.16. The van der Waals surface area contributed by atoms with Crippen LogP contribution in [0.25, 0.3) is 0 Å². The number of aryl methyl sites for hydroxylation is 1. The van der Waals surface area contributed by atoms with Gasteiger partial charge in [0.05, 0.1) is 4.47 Å². The lowest BCUT2D eigenvalue weighted by Gasteiger charge is -2.29. The van der Waals surface area contributed by atoms with E-state index in [1.807, 2.05) is 19.1 Å². The van der Waals surface area contributed by atoms with Crippen molar-refractivity contribution >= 4 is 27.7 Å². The van der Waals surface area contributed by atoms with E-state index in [1.54, 1.807) is 31.2 Å². The van der Waals surface area contributed by atoms with Gasteiger partial charge in [-0.3, -0.25) is 9.59 Å². The second kappa shape index (κ2) is 11.7. The fourth-order valence-corrected chi connectivity index (χ4v) is 3.43. The van der Waals surface area contributed by atoms with E-state index in [0.29, 0.717) is 17.9 Å². The molecule has 2 aromatic carbocycles. The maximum atomic E-state index is 14.2. The predicted octanol–water partition coefficient (Wildman–Crippen LogP) is 4.47. The first kappa shape index (κ1) is 23.9. The fraction of sp³-hybridized carbons (Fsp3) is 0.391. The van der Waals surface area contributed by atoms with Gasteiger partial charge in [0.15, 0.2) is 6.61 Å². The number of carbonyl (C=O) groups is 2. The average molecular weight is 479 g/mol. The fourth-order valence-electron chi connectivity index (χ4n) is 2.89. The summed E-state index contributed by atoms with van der Waals surface area (Å²) in [5.41, 5.74) is 1.48. The number of rotatable bonds is 10. The summed E-state index contributed by atoms with van der Waals surface area (Å²) in [5, 5.41) is 2.79. The van der Waals surface area contributed by atoms with Gasteiger partial charge in [0.1, 0.15) is 17.6 Å². The number of nitrogens with one attached hydrogen (secondary N) is 1. The Bertz CT molecular complexity index is 875. The minimum atomic E-state index is -0.766. The van der Waals surface area contributed by atoms with E-state index >= 15 is 0 Å². The van der Waals surface area contributed by atoms with Crippen LogP contribution in [-0.2, 0) is 22.6 Å². The van der Waals surface area contributed by atoms with Crippen molar-refractivity contribution in [2.45, 2.75) is 46.2 Å². The summed E-state index contributed by atoms with van der Waals surface area (Å²) < 4.78 is 20.6. The van der Waals surface area contributed by atoms with Crippen molar-refractivity contribution in [2.75, 3.05) is 13.2 Å². The molecule has 1 atom stereocenters. The first-order valence-corrected chi connectivity index (χ1v) is 10.9. The predicted molar refractivity (Wildman–Crippen MR) is 119 cm³/mol. The number of hydrogen-bond acceptors (Lipinski definition) is 3. The van der Waals surface area contributed by atoms with Crippen molar-refractivity contribution < 1.29 is 18.7 Å². The van der Waals surface area contributed by atoms with Crippen LogP contribution in [0.15, 0.2) is 46.9 Å². The van der Waals surface area contributed by atoms with E-state index in [9.17, 15) is 14.0 Å². The Labute approximate surface area is 185 Å². The van der Waals surface area contributed by atoms with E-state index in [0.717, 1.165) is 22.9 Å². The van der Waals surface area contributed by atoms with Crippen LogP contribution < -0.4 is 10.1 Å². The van der Waals surface area contributed by atoms with Gasteiger partial charge in [-0.05, 0) is 59.5 Å². The van der Waals surface area contributed by atoms with Gasteiger partial charge < -0.3 is 15.0 Å². The van der Waals surface area contributed by atoms with Gasteiger partial charge in [0.25, 0.3) is 5.91 Å². The SMILES string of the molecule is CCCNC(=O)C(C)N(Cc1ccccc1F)C(=O)COc1ccc(CC)cc1Br. The molecule has 1 unspecified atom stereocenters. The molecule has 2 aromatic rings. The van der Waals surface area contributed by atoms with E-state index in [2.05, 4.69) is 28.2 Å². The quantitative estimate of drug-likeness (QED) is 0.547. The maximum Gasteiger partial charge on any atom is 0.261 e. The summed E-state index contributed by atoms with van der Waals surface area (Å²) in [6, 6.07) is 11.1. The van der Waals surface area contributed by atoms with Crippen molar-refractivity contribution in [1.82, 2.24) is 10.2 Å². The Kier molecular flexibility index (Phi) is 9.30. The Hall–Kier alpha value is -2.41. The standard InChI is InChI=1S/C23H28BrFN2O3/c1-4-12-26-23(29)16(3)27(14-18-8-6-7-9-20(18)25)22(28)15-30-21-11-10-17(5-2)13-19(21)24/h6-11,13,16H,4-5,12,14-15H2,1-3H3,(H,26,29). The minimum Gasteiger partial charge on any atom is -0.483 e. The van der Waals surface area contributed by atoms with Gasteiger partial charge in [-0.15, -0.1) is 0 Å². The van der Waals surface area contributed by atoms with Crippen LogP contribution >= 0.6 is 15.9 Å². The molecule has 0 fully saturated rings. The van der Waals surface area contributed by atoms with Crippen LogP contribution in [0.3, 0.4) is 0 Å². The van der Waals surface area contributed by atoms with Crippen molar-refractivity contribution in [3.05, 3.63) is 63.9 Å². The Morgan fingerprint density at radius 2 is 1.93 bits per heavy atom. The molecule has 1 N–H and O–H groups in total. The molecule has 0 saturated heterocycles. The number of ether oxygens (including phenoxy) is 1. The summed E-state index contributed by atoms with van der Waals surface area (Å²) in [6.45, 7) is 5.86. The van der Waals surface area contributed by atoms with Crippen molar-refractivity contribution in [3.63, 3.8) is 0 Å². The third-order valence-electron chi connectivity index (χ3n) is 4.77. The second-order valence-electron chi connectivity index (χ2n) is 6.99. The smallest absolute Gasteiger partial charge is 0.261 e. The first-order chi connectivity index (χ1) is 14.4. The molecule has 0 radical (unpaired) electrons. The third-order valence-corrected chi connectivity index (χ3v) is 5.39. The molecule has 2 amide bonds. The highest BCUT2D eigenvalue weighted by atomic mass is 79.9. The second-order valence-corrected chi connectivity index (χ2v) is 7.84. The molecule has 162 valence electrons. The number of amides is 2. The summed E-state index contributed by atoms with van der Waals surface area (Å²) in [6.07, 6.45) is 1.67. The van der Waals surface area contributed by atoms with Crippen LogP contribution in [0.4, 0.5) is 4.39 Å². The zero-order chi connectivity index (χ0) is 22.1. The Morgan fingerprint density at radius 1 is 1.20 bits per heavy atom. The van der Waals surface area contributed by atoms with Crippen LogP contribution in [-0.4, -0.2) is 35.9 Å². The molecule has 7 heteroatoms. The molecule has 30 heavy (non-hydrogen) atoms. The third kappa shape index (κ3) is 6.55. The van der Waals surface area contributed by atoms with Gasteiger partial charge in [-0.1, -0.05) is 38.1 Å². The summed E-state index contributed by atoms with van der Waals surface area (Å²) in [4.78, 5) is 26.8. The monoisotopic (exact) mass is 478 g/mol. The van der Waals surface area contributed by atoms with Crippen molar-refractivity contribution in [1.29, 1.82) is 0 Å². The minimum absolute atomic E-state index is 0.0223. The van der Waals surface area contributed by atoms with Gasteiger partial charge in [0, 0.05) is 18.7 Å². The van der Waals surface area contributed by atoms with Gasteiger partial charge >= 0.3 is 0 Å². The lowest BCUT2D eigenvalue weighted by Crippen LogP contribution is -2.49. The number of carbonyl (C=O) groups excluding carboxylic acids is 2. The largest absolute Gasteiger partial charge is 0.483 e. The summed E-state index contributed by atoms with van der Waals surface area (Å²) >= 11 is 3.46. The lowest BCUT2D eigenvalue weighted by molar-refractivity contribution is -0.142. The van der Waals surface area contributed by atoms with Crippen LogP contribution in [0, 0.1) is 5.82 Å². The normalized spacial score (nSPS) is 11.6. The highest BCUT2D eigenvalue weighted by molar-refractivity contribution is 9.10. The van der Waals surface area contributed by atoms with Crippen LogP contribution in [0.2, 0.25) is 0 Å². The van der Waals surface area contributed by atoms with Gasteiger partial charge in [-0.25, -0.2) is 4.39 Å². The van der Waals surface area contributed by atoms with E-state index in [-0.39, 0.29) is 19.1 Å². The number of nitrogens with zero attached hydrogens (tertiary/aromatic N) is 1. The molecular weight excluding hydrogens is 451 g/mol. The van der Waals surface area contributed by atoms with E-state index < -0.39 is 17.8 Å². The maximum absolute atomic E-state index is 14.2. The number of hydrogen-bond donors (Lipinski definition) is 1. The number of halogens is 2. The molecule has 0 heterocycles. The van der Waals surface area contributed by atoms with Crippen LogP contribution in [0.1, 0.15) is 38.3 Å².